The molecule has 3 nitrogen and oxygen atoms in total. The van der Waals surface area contributed by atoms with Crippen LogP contribution in [0.5, 0.6) is 0 Å². The van der Waals surface area contributed by atoms with Crippen LogP contribution in [0.15, 0.2) is 41.7 Å². The second kappa shape index (κ2) is 5.80. The van der Waals surface area contributed by atoms with Crippen molar-refractivity contribution in [1.82, 2.24) is 9.97 Å². The highest BCUT2D eigenvalue weighted by atomic mass is 35.5. The number of carbonyl (C=O) groups is 1. The summed E-state index contributed by atoms with van der Waals surface area (Å²) in [6.45, 7) is 0. The van der Waals surface area contributed by atoms with Crippen molar-refractivity contribution in [2.75, 3.05) is 0 Å². The Morgan fingerprint density at radius 1 is 1.10 bits per heavy atom. The first kappa shape index (κ1) is 14.8. The lowest BCUT2D eigenvalue weighted by Gasteiger charge is -2.06. The van der Waals surface area contributed by atoms with Crippen molar-refractivity contribution in [2.24, 2.45) is 0 Å². The molecular formula is C12H6ClF3N2OS. The highest BCUT2D eigenvalue weighted by Gasteiger charge is 2.30. The van der Waals surface area contributed by atoms with E-state index in [1.807, 2.05) is 0 Å². The molecule has 2 aromatic heterocycles. The topological polar surface area (TPSA) is 42.9 Å². The molecule has 20 heavy (non-hydrogen) atoms. The van der Waals surface area contributed by atoms with Gasteiger partial charge in [-0.05, 0) is 36.0 Å². The number of hydrogen-bond donors (Lipinski definition) is 0. The van der Waals surface area contributed by atoms with Gasteiger partial charge in [-0.2, -0.15) is 13.2 Å². The summed E-state index contributed by atoms with van der Waals surface area (Å²) in [4.78, 5) is 19.2. The van der Waals surface area contributed by atoms with Gasteiger partial charge < -0.3 is 0 Å². The molecule has 0 amide bonds. The average molecular weight is 319 g/mol. The van der Waals surface area contributed by atoms with E-state index in [4.69, 9.17) is 11.6 Å². The Hall–Kier alpha value is -1.60. The van der Waals surface area contributed by atoms with Gasteiger partial charge in [0.2, 0.25) is 5.12 Å². The number of alkyl halides is 3. The maximum Gasteiger partial charge on any atom is 0.417 e. The van der Waals surface area contributed by atoms with Crippen LogP contribution in [-0.4, -0.2) is 15.1 Å². The summed E-state index contributed by atoms with van der Waals surface area (Å²) in [5.74, 6) is 0. The number of pyridine rings is 2. The van der Waals surface area contributed by atoms with Gasteiger partial charge in [-0.25, -0.2) is 9.97 Å². The van der Waals surface area contributed by atoms with E-state index in [9.17, 15) is 18.0 Å². The molecule has 0 spiro atoms. The number of thioether (sulfide) groups is 1. The molecule has 0 aromatic carbocycles. The highest BCUT2D eigenvalue weighted by molar-refractivity contribution is 8.14. The van der Waals surface area contributed by atoms with Crippen molar-refractivity contribution < 1.29 is 18.0 Å². The Bertz CT molecular complexity index is 614. The fraction of sp³-hybridized carbons (Fsp3) is 0.0833. The van der Waals surface area contributed by atoms with Crippen LogP contribution in [0.1, 0.15) is 15.9 Å². The second-order valence-corrected chi connectivity index (χ2v) is 5.02. The molecule has 0 saturated carbocycles. The molecule has 0 atom stereocenters. The predicted molar refractivity (Wildman–Crippen MR) is 68.7 cm³/mol. The number of carbonyl (C=O) groups excluding carboxylic acids is 1. The van der Waals surface area contributed by atoms with E-state index >= 15 is 0 Å². The van der Waals surface area contributed by atoms with Gasteiger partial charge in [-0.3, -0.25) is 4.79 Å². The van der Waals surface area contributed by atoms with Crippen LogP contribution >= 0.6 is 23.4 Å². The van der Waals surface area contributed by atoms with Crippen molar-refractivity contribution in [1.29, 1.82) is 0 Å². The first-order chi connectivity index (χ1) is 9.36. The molecule has 0 fully saturated rings. The van der Waals surface area contributed by atoms with Crippen LogP contribution in [0.3, 0.4) is 0 Å². The predicted octanol–water partition coefficient (Wildman–Crippen LogP) is 4.08. The minimum absolute atomic E-state index is 0.179. The third kappa shape index (κ3) is 3.71. The van der Waals surface area contributed by atoms with Crippen LogP contribution in [0.25, 0.3) is 0 Å². The van der Waals surface area contributed by atoms with Crippen LogP contribution < -0.4 is 0 Å². The third-order valence-corrected chi connectivity index (χ3v) is 3.32. The van der Waals surface area contributed by atoms with Crippen LogP contribution in [0.4, 0.5) is 13.2 Å². The first-order valence-corrected chi connectivity index (χ1v) is 6.43. The second-order valence-electron chi connectivity index (χ2n) is 3.64. The third-order valence-electron chi connectivity index (χ3n) is 2.22. The molecule has 0 aliphatic carbocycles. The molecule has 0 radical (unpaired) electrons. The molecule has 0 N–H and O–H groups in total. The van der Waals surface area contributed by atoms with E-state index in [2.05, 4.69) is 9.97 Å². The van der Waals surface area contributed by atoms with Crippen LogP contribution in [0, 0.1) is 0 Å². The molecule has 0 bridgehead atoms. The van der Waals surface area contributed by atoms with Gasteiger partial charge in [-0.1, -0.05) is 11.6 Å². The quantitative estimate of drug-likeness (QED) is 0.618. The van der Waals surface area contributed by atoms with Crippen molar-refractivity contribution in [3.05, 3.63) is 52.9 Å². The number of aromatic nitrogens is 2. The smallest absolute Gasteiger partial charge is 0.281 e. The van der Waals surface area contributed by atoms with Crippen molar-refractivity contribution in [3.63, 3.8) is 0 Å². The normalized spacial score (nSPS) is 11.4. The summed E-state index contributed by atoms with van der Waals surface area (Å²) in [5, 5.41) is 0.0542. The standard InChI is InChI=1S/C12H6ClF3N2OS/c13-9-3-1-7(5-17-9)11(19)20-10-4-2-8(6-18-10)12(14,15)16/h1-6H. The maximum absolute atomic E-state index is 12.4. The molecule has 2 aromatic rings. The summed E-state index contributed by atoms with van der Waals surface area (Å²) < 4.78 is 37.1. The molecule has 8 heteroatoms. The van der Waals surface area contributed by atoms with E-state index in [0.29, 0.717) is 11.8 Å². The minimum Gasteiger partial charge on any atom is -0.281 e. The lowest BCUT2D eigenvalue weighted by molar-refractivity contribution is -0.137. The summed E-state index contributed by atoms with van der Waals surface area (Å²) in [5.41, 5.74) is -0.566. The lowest BCUT2D eigenvalue weighted by atomic mass is 10.3. The van der Waals surface area contributed by atoms with Crippen molar-refractivity contribution >= 4 is 28.5 Å². The first-order valence-electron chi connectivity index (χ1n) is 5.23. The van der Waals surface area contributed by atoms with Gasteiger partial charge in [0.05, 0.1) is 5.56 Å². The van der Waals surface area contributed by atoms with Gasteiger partial charge in [0.1, 0.15) is 10.2 Å². The summed E-state index contributed by atoms with van der Waals surface area (Å²) in [6.07, 6.45) is -2.46. The number of rotatable bonds is 2. The van der Waals surface area contributed by atoms with E-state index in [-0.39, 0.29) is 15.3 Å². The monoisotopic (exact) mass is 318 g/mol. The number of nitrogens with zero attached hydrogens (tertiary/aromatic N) is 2. The fourth-order valence-electron chi connectivity index (χ4n) is 1.26. The van der Waals surface area contributed by atoms with Crippen LogP contribution in [0.2, 0.25) is 5.15 Å². The Kier molecular flexibility index (Phi) is 4.29. The molecular weight excluding hydrogens is 313 g/mol. The fourth-order valence-corrected chi connectivity index (χ4v) is 2.04. The van der Waals surface area contributed by atoms with Gasteiger partial charge in [0.15, 0.2) is 0 Å². The summed E-state index contributed by atoms with van der Waals surface area (Å²) in [7, 11) is 0. The molecule has 2 rings (SSSR count). The lowest BCUT2D eigenvalue weighted by Crippen LogP contribution is -2.05. The maximum atomic E-state index is 12.4. The van der Waals surface area contributed by atoms with Gasteiger partial charge in [-0.15, -0.1) is 0 Å². The molecule has 0 aliphatic heterocycles. The Balaban J connectivity index is 2.10. The zero-order valence-corrected chi connectivity index (χ0v) is 11.3. The zero-order valence-electron chi connectivity index (χ0n) is 9.69. The Morgan fingerprint density at radius 2 is 1.85 bits per heavy atom. The Labute approximate surface area is 121 Å². The highest BCUT2D eigenvalue weighted by Crippen LogP contribution is 2.30. The molecule has 104 valence electrons. The van der Waals surface area contributed by atoms with E-state index in [1.165, 1.54) is 18.3 Å². The Morgan fingerprint density at radius 3 is 2.35 bits per heavy atom. The minimum atomic E-state index is -4.44. The average Bonchev–Trinajstić information content (AvgIpc) is 2.39. The van der Waals surface area contributed by atoms with Crippen molar-refractivity contribution in [2.45, 2.75) is 11.2 Å². The molecule has 2 heterocycles. The number of hydrogen-bond acceptors (Lipinski definition) is 4. The summed E-state index contributed by atoms with van der Waals surface area (Å²) in [6, 6.07) is 4.96. The van der Waals surface area contributed by atoms with E-state index in [0.717, 1.165) is 23.9 Å². The van der Waals surface area contributed by atoms with Gasteiger partial charge in [0.25, 0.3) is 0 Å². The summed E-state index contributed by atoms with van der Waals surface area (Å²) >= 11 is 6.31. The van der Waals surface area contributed by atoms with Crippen molar-refractivity contribution in [3.8, 4) is 0 Å². The molecule has 0 aliphatic rings. The SMILES string of the molecule is O=C(Sc1ccc(C(F)(F)F)cn1)c1ccc(Cl)nc1. The van der Waals surface area contributed by atoms with E-state index in [1.54, 1.807) is 0 Å². The largest absolute Gasteiger partial charge is 0.417 e. The van der Waals surface area contributed by atoms with Gasteiger partial charge >= 0.3 is 6.18 Å². The molecule has 0 saturated heterocycles. The zero-order chi connectivity index (χ0) is 14.8. The van der Waals surface area contributed by atoms with E-state index < -0.39 is 11.7 Å². The number of halogens is 4. The molecule has 0 unspecified atom stereocenters. The van der Waals surface area contributed by atoms with Gasteiger partial charge in [0, 0.05) is 18.0 Å². The van der Waals surface area contributed by atoms with Crippen LogP contribution in [-0.2, 0) is 6.18 Å².